The summed E-state index contributed by atoms with van der Waals surface area (Å²) in [6, 6.07) is 1.26. The van der Waals surface area contributed by atoms with Crippen LogP contribution in [0.1, 0.15) is 19.3 Å². The van der Waals surface area contributed by atoms with Crippen LogP contribution < -0.4 is 5.32 Å². The second-order valence-electron chi connectivity index (χ2n) is 6.38. The van der Waals surface area contributed by atoms with E-state index in [4.69, 9.17) is 11.6 Å². The molecule has 4 N–H and O–H groups in total. The lowest BCUT2D eigenvalue weighted by molar-refractivity contribution is -0.0162. The first-order valence-corrected chi connectivity index (χ1v) is 8.69. The lowest BCUT2D eigenvalue weighted by Crippen LogP contribution is -2.45. The van der Waals surface area contributed by atoms with Gasteiger partial charge >= 0.3 is 0 Å². The van der Waals surface area contributed by atoms with Gasteiger partial charge in [0.15, 0.2) is 17.5 Å². The molecule has 26 heavy (non-hydrogen) atoms. The largest absolute Gasteiger partial charge is 0.390 e. The van der Waals surface area contributed by atoms with Crippen LogP contribution in [0.3, 0.4) is 0 Å². The van der Waals surface area contributed by atoms with Crippen LogP contribution in [0.2, 0.25) is 5.02 Å². The van der Waals surface area contributed by atoms with Crippen molar-refractivity contribution in [1.82, 2.24) is 19.9 Å². The van der Waals surface area contributed by atoms with Gasteiger partial charge in [0.2, 0.25) is 0 Å². The molecule has 0 radical (unpaired) electrons. The number of aromatic amines is 1. The number of fused-ring (bicyclic) bond motifs is 1. The van der Waals surface area contributed by atoms with Crippen LogP contribution in [-0.4, -0.2) is 48.4 Å². The zero-order valence-electron chi connectivity index (χ0n) is 13.7. The minimum Gasteiger partial charge on any atom is -0.390 e. The SMILES string of the molecule is O[C@@H]1CCCC(Nc2nc(-c3c[nH]c4ncc(Cl)cc34)ncc2F)[C@H]1O. The molecule has 0 amide bonds. The summed E-state index contributed by atoms with van der Waals surface area (Å²) < 4.78 is 14.2. The van der Waals surface area contributed by atoms with E-state index in [1.807, 2.05) is 0 Å². The summed E-state index contributed by atoms with van der Waals surface area (Å²) in [4.78, 5) is 15.5. The molecule has 136 valence electrons. The van der Waals surface area contributed by atoms with E-state index in [0.717, 1.165) is 18.0 Å². The topological polar surface area (TPSA) is 107 Å². The molecule has 1 saturated carbocycles. The van der Waals surface area contributed by atoms with Crippen molar-refractivity contribution in [2.24, 2.45) is 0 Å². The summed E-state index contributed by atoms with van der Waals surface area (Å²) in [5, 5.41) is 24.0. The van der Waals surface area contributed by atoms with Crippen LogP contribution in [0, 0.1) is 5.82 Å². The monoisotopic (exact) mass is 377 g/mol. The summed E-state index contributed by atoms with van der Waals surface area (Å²) >= 11 is 6.01. The number of aromatic nitrogens is 4. The maximum atomic E-state index is 14.2. The molecule has 3 aromatic rings. The molecule has 0 spiro atoms. The molecule has 1 unspecified atom stereocenters. The minimum atomic E-state index is -0.974. The third-order valence-electron chi connectivity index (χ3n) is 4.63. The highest BCUT2D eigenvalue weighted by Gasteiger charge is 2.31. The Balaban J connectivity index is 1.68. The average molecular weight is 378 g/mol. The normalized spacial score (nSPS) is 23.3. The number of aliphatic hydroxyl groups excluding tert-OH is 2. The van der Waals surface area contributed by atoms with Crippen molar-refractivity contribution in [3.05, 3.63) is 35.5 Å². The molecule has 1 aliphatic rings. The maximum Gasteiger partial charge on any atom is 0.183 e. The first kappa shape index (κ1) is 17.1. The number of rotatable bonds is 3. The second-order valence-corrected chi connectivity index (χ2v) is 6.82. The molecule has 0 saturated heterocycles. The quantitative estimate of drug-likeness (QED) is 0.558. The van der Waals surface area contributed by atoms with E-state index in [-0.39, 0.29) is 5.82 Å². The van der Waals surface area contributed by atoms with Crippen molar-refractivity contribution in [3.63, 3.8) is 0 Å². The van der Waals surface area contributed by atoms with E-state index in [9.17, 15) is 14.6 Å². The lowest BCUT2D eigenvalue weighted by atomic mass is 9.90. The number of hydrogen-bond acceptors (Lipinski definition) is 6. The van der Waals surface area contributed by atoms with Gasteiger partial charge in [-0.3, -0.25) is 0 Å². The maximum absolute atomic E-state index is 14.2. The van der Waals surface area contributed by atoms with Gasteiger partial charge < -0.3 is 20.5 Å². The summed E-state index contributed by atoms with van der Waals surface area (Å²) in [6.07, 6.45) is 4.37. The van der Waals surface area contributed by atoms with Crippen molar-refractivity contribution in [1.29, 1.82) is 0 Å². The van der Waals surface area contributed by atoms with Crippen LogP contribution in [0.15, 0.2) is 24.7 Å². The van der Waals surface area contributed by atoms with Gasteiger partial charge in [0.1, 0.15) is 5.65 Å². The van der Waals surface area contributed by atoms with Crippen LogP contribution in [0.5, 0.6) is 0 Å². The standard InChI is InChI=1S/C17H17ClFN5O2/c18-8-4-9-10(6-21-15(9)20-5-8)16-22-7-11(19)17(24-16)23-12-2-1-3-13(25)14(12)26/h4-7,12-14,25-26H,1-3H2,(H,20,21)(H,22,23,24)/t12?,13-,14-/m1/s1. The number of nitrogens with zero attached hydrogens (tertiary/aromatic N) is 3. The highest BCUT2D eigenvalue weighted by Crippen LogP contribution is 2.29. The molecule has 3 atom stereocenters. The van der Waals surface area contributed by atoms with Crippen molar-refractivity contribution < 1.29 is 14.6 Å². The van der Waals surface area contributed by atoms with Gasteiger partial charge in [-0.15, -0.1) is 0 Å². The summed E-state index contributed by atoms with van der Waals surface area (Å²) in [5.41, 5.74) is 1.26. The molecule has 3 aromatic heterocycles. The number of aliphatic hydroxyl groups is 2. The van der Waals surface area contributed by atoms with Crippen molar-refractivity contribution in [2.45, 2.75) is 37.5 Å². The first-order chi connectivity index (χ1) is 12.5. The molecule has 0 aliphatic heterocycles. The molecule has 3 heterocycles. The Morgan fingerprint density at radius 3 is 2.92 bits per heavy atom. The van der Waals surface area contributed by atoms with Gasteiger partial charge in [0.25, 0.3) is 0 Å². The van der Waals surface area contributed by atoms with E-state index in [0.29, 0.717) is 34.9 Å². The molecule has 4 rings (SSSR count). The summed E-state index contributed by atoms with van der Waals surface area (Å²) in [7, 11) is 0. The van der Waals surface area contributed by atoms with Crippen LogP contribution in [0.25, 0.3) is 22.4 Å². The second kappa shape index (κ2) is 6.79. The Morgan fingerprint density at radius 1 is 1.23 bits per heavy atom. The van der Waals surface area contributed by atoms with Gasteiger partial charge in [-0.05, 0) is 25.3 Å². The van der Waals surface area contributed by atoms with Gasteiger partial charge in [0, 0.05) is 23.3 Å². The zero-order chi connectivity index (χ0) is 18.3. The van der Waals surface area contributed by atoms with Crippen LogP contribution in [-0.2, 0) is 0 Å². The van der Waals surface area contributed by atoms with E-state index >= 15 is 0 Å². The highest BCUT2D eigenvalue weighted by atomic mass is 35.5. The number of H-pyrrole nitrogens is 1. The van der Waals surface area contributed by atoms with Crippen LogP contribution in [0.4, 0.5) is 10.2 Å². The molecule has 9 heteroatoms. The van der Waals surface area contributed by atoms with Crippen LogP contribution >= 0.6 is 11.6 Å². The molecular formula is C17H17ClFN5O2. The Hall–Kier alpha value is -2.29. The number of halogens is 2. The number of hydrogen-bond donors (Lipinski definition) is 4. The first-order valence-electron chi connectivity index (χ1n) is 8.31. The Bertz CT molecular complexity index is 950. The van der Waals surface area contributed by atoms with E-state index in [2.05, 4.69) is 25.3 Å². The van der Waals surface area contributed by atoms with Crippen molar-refractivity contribution >= 4 is 28.5 Å². The van der Waals surface area contributed by atoms with Gasteiger partial charge in [-0.2, -0.15) is 0 Å². The molecule has 0 bridgehead atoms. The Labute approximate surface area is 153 Å². The van der Waals surface area contributed by atoms with Gasteiger partial charge in [-0.25, -0.2) is 19.3 Å². The fourth-order valence-electron chi connectivity index (χ4n) is 3.25. The lowest BCUT2D eigenvalue weighted by Gasteiger charge is -2.32. The number of nitrogens with one attached hydrogen (secondary N) is 2. The summed E-state index contributed by atoms with van der Waals surface area (Å²) in [6.45, 7) is 0. The third kappa shape index (κ3) is 3.11. The molecule has 1 fully saturated rings. The number of anilines is 1. The smallest absolute Gasteiger partial charge is 0.183 e. The van der Waals surface area contributed by atoms with Gasteiger partial charge in [0.05, 0.1) is 29.5 Å². The molecule has 7 nitrogen and oxygen atoms in total. The highest BCUT2D eigenvalue weighted by molar-refractivity contribution is 6.31. The molecular weight excluding hydrogens is 361 g/mol. The fraction of sp³-hybridized carbons (Fsp3) is 0.353. The minimum absolute atomic E-state index is 0.0162. The molecule has 0 aromatic carbocycles. The zero-order valence-corrected chi connectivity index (χ0v) is 14.4. The van der Waals surface area contributed by atoms with Crippen molar-refractivity contribution in [2.75, 3.05) is 5.32 Å². The molecule has 1 aliphatic carbocycles. The Morgan fingerprint density at radius 2 is 2.08 bits per heavy atom. The predicted molar refractivity (Wildman–Crippen MR) is 95.4 cm³/mol. The average Bonchev–Trinajstić information content (AvgIpc) is 3.04. The summed E-state index contributed by atoms with van der Waals surface area (Å²) in [5.74, 6) is -0.343. The third-order valence-corrected chi connectivity index (χ3v) is 4.83. The number of pyridine rings is 1. The predicted octanol–water partition coefficient (Wildman–Crippen LogP) is 2.50. The van der Waals surface area contributed by atoms with Gasteiger partial charge in [-0.1, -0.05) is 11.6 Å². The van der Waals surface area contributed by atoms with E-state index in [1.54, 1.807) is 12.3 Å². The van der Waals surface area contributed by atoms with E-state index < -0.39 is 24.1 Å². The van der Waals surface area contributed by atoms with Crippen molar-refractivity contribution in [3.8, 4) is 11.4 Å². The van der Waals surface area contributed by atoms with E-state index in [1.165, 1.54) is 6.20 Å². The Kier molecular flexibility index (Phi) is 4.47. The fourth-order valence-corrected chi connectivity index (χ4v) is 3.41.